The van der Waals surface area contributed by atoms with Crippen LogP contribution in [0, 0.1) is 29.3 Å². The summed E-state index contributed by atoms with van der Waals surface area (Å²) in [4.78, 5) is 38.1. The summed E-state index contributed by atoms with van der Waals surface area (Å²) in [6.45, 7) is 7.95. The number of likely N-dealkylation sites (tertiary alicyclic amines) is 1. The average Bonchev–Trinajstić information content (AvgIpc) is 3.72. The van der Waals surface area contributed by atoms with Crippen LogP contribution in [0.3, 0.4) is 0 Å². The number of benzene rings is 1. The van der Waals surface area contributed by atoms with Gasteiger partial charge in [-0.25, -0.2) is 4.98 Å². The first-order chi connectivity index (χ1) is 21.1. The number of anilines is 1. The van der Waals surface area contributed by atoms with Crippen LogP contribution in [-0.4, -0.2) is 111 Å². The molecule has 238 valence electrons. The molecular formula is C32H42FN5O5S. The Bertz CT molecular complexity index is 1370. The Balaban J connectivity index is 1.32. The van der Waals surface area contributed by atoms with Crippen molar-refractivity contribution in [3.63, 3.8) is 0 Å². The van der Waals surface area contributed by atoms with Gasteiger partial charge in [0.25, 0.3) is 5.91 Å². The Morgan fingerprint density at radius 3 is 2.48 bits per heavy atom. The van der Waals surface area contributed by atoms with Crippen molar-refractivity contribution in [3.8, 4) is 23.6 Å². The molecule has 1 N–H and O–H groups in total. The summed E-state index contributed by atoms with van der Waals surface area (Å²) < 4.78 is 32.4. The molecule has 0 spiro atoms. The van der Waals surface area contributed by atoms with Crippen LogP contribution in [0.2, 0.25) is 0 Å². The SMILES string of the molecule is C#C[C@@H]1CN(C(=O)[C@H](CCC(C)C)NC(=O)c2ccc(-c3nc(N4CCN(C)CC4)sc3F)cc2)[C@H]2[C@@H]1OCC2(OC)OC. The molecule has 0 saturated carbocycles. The number of ether oxygens (including phenoxy) is 3. The van der Waals surface area contributed by atoms with Gasteiger partial charge in [0.1, 0.15) is 24.4 Å². The van der Waals surface area contributed by atoms with Crippen LogP contribution in [0.5, 0.6) is 0 Å². The second kappa shape index (κ2) is 13.5. The highest BCUT2D eigenvalue weighted by atomic mass is 32.1. The first-order valence-corrected chi connectivity index (χ1v) is 15.9. The molecular weight excluding hydrogens is 585 g/mol. The number of halogens is 1. The van der Waals surface area contributed by atoms with Crippen molar-refractivity contribution in [3.05, 3.63) is 35.0 Å². The number of hydrogen-bond donors (Lipinski definition) is 1. The van der Waals surface area contributed by atoms with Gasteiger partial charge in [0.05, 0.1) is 12.0 Å². The van der Waals surface area contributed by atoms with Crippen LogP contribution in [0.25, 0.3) is 11.3 Å². The van der Waals surface area contributed by atoms with Crippen LogP contribution in [0.4, 0.5) is 9.52 Å². The number of amides is 2. The lowest BCUT2D eigenvalue weighted by Gasteiger charge is -2.37. The van der Waals surface area contributed by atoms with Crippen LogP contribution < -0.4 is 10.2 Å². The molecule has 2 aromatic rings. The molecule has 1 aromatic carbocycles. The van der Waals surface area contributed by atoms with E-state index >= 15 is 0 Å². The van der Waals surface area contributed by atoms with E-state index < -0.39 is 29.9 Å². The minimum Gasteiger partial charge on any atom is -0.369 e. The topological polar surface area (TPSA) is 96.5 Å². The summed E-state index contributed by atoms with van der Waals surface area (Å²) in [5.74, 6) is 0.947. The number of terminal acetylenes is 1. The predicted octanol–water partition coefficient (Wildman–Crippen LogP) is 3.08. The van der Waals surface area contributed by atoms with Gasteiger partial charge in [-0.15, -0.1) is 6.42 Å². The highest BCUT2D eigenvalue weighted by Gasteiger charge is 2.61. The van der Waals surface area contributed by atoms with Gasteiger partial charge >= 0.3 is 0 Å². The fourth-order valence-corrected chi connectivity index (χ4v) is 7.09. The monoisotopic (exact) mass is 627 g/mol. The van der Waals surface area contributed by atoms with E-state index in [4.69, 9.17) is 20.6 Å². The Hall–Kier alpha value is -3.08. The molecule has 5 rings (SSSR count). The third-order valence-electron chi connectivity index (χ3n) is 8.96. The van der Waals surface area contributed by atoms with Crippen molar-refractivity contribution >= 4 is 28.3 Å². The molecule has 0 bridgehead atoms. The van der Waals surface area contributed by atoms with Crippen molar-refractivity contribution in [2.75, 3.05) is 65.5 Å². The van der Waals surface area contributed by atoms with Crippen LogP contribution >= 0.6 is 11.3 Å². The number of piperazine rings is 1. The van der Waals surface area contributed by atoms with Crippen molar-refractivity contribution in [1.29, 1.82) is 0 Å². The highest BCUT2D eigenvalue weighted by molar-refractivity contribution is 7.14. The van der Waals surface area contributed by atoms with E-state index in [1.54, 1.807) is 29.2 Å². The molecule has 0 aliphatic carbocycles. The van der Waals surface area contributed by atoms with Gasteiger partial charge in [-0.2, -0.15) is 4.39 Å². The van der Waals surface area contributed by atoms with Crippen molar-refractivity contribution in [2.24, 2.45) is 11.8 Å². The van der Waals surface area contributed by atoms with Crippen molar-refractivity contribution in [1.82, 2.24) is 20.1 Å². The van der Waals surface area contributed by atoms with E-state index in [-0.39, 0.29) is 35.8 Å². The van der Waals surface area contributed by atoms with Crippen LogP contribution in [-0.2, 0) is 19.0 Å². The average molecular weight is 628 g/mol. The summed E-state index contributed by atoms with van der Waals surface area (Å²) in [7, 11) is 5.11. The molecule has 4 heterocycles. The quantitative estimate of drug-likeness (QED) is 0.317. The standard InChI is InChI=1S/C32H42FN5O5S/c1-7-21-18-38(27-26(21)43-19-32(27,41-5)42-6)30(40)24(13-8-20(2)3)34-29(39)23-11-9-22(10-12-23)25-28(33)44-31(35-25)37-16-14-36(4)15-17-37/h1,9-12,20-21,24,26-27H,8,13-19H2,2-6H3,(H,34,39)/t21-,24+,26-,27+/m1/s1. The summed E-state index contributed by atoms with van der Waals surface area (Å²) in [5, 5.41) is 3.26. The predicted molar refractivity (Wildman–Crippen MR) is 167 cm³/mol. The zero-order valence-corrected chi connectivity index (χ0v) is 26.9. The number of fused-ring (bicyclic) bond motifs is 1. The van der Waals surface area contributed by atoms with Crippen molar-refractivity contribution in [2.45, 2.75) is 50.7 Å². The van der Waals surface area contributed by atoms with E-state index in [1.807, 2.05) is 0 Å². The van der Waals surface area contributed by atoms with Crippen molar-refractivity contribution < 1.29 is 28.2 Å². The first-order valence-electron chi connectivity index (χ1n) is 15.1. The summed E-state index contributed by atoms with van der Waals surface area (Å²) in [6, 6.07) is 5.30. The normalized spacial score (nSPS) is 23.9. The third-order valence-corrected chi connectivity index (χ3v) is 9.86. The lowest BCUT2D eigenvalue weighted by Crippen LogP contribution is -2.58. The second-order valence-electron chi connectivity index (χ2n) is 12.2. The summed E-state index contributed by atoms with van der Waals surface area (Å²) in [5.41, 5.74) is 1.22. The lowest BCUT2D eigenvalue weighted by molar-refractivity contribution is -0.227. The summed E-state index contributed by atoms with van der Waals surface area (Å²) >= 11 is 1.04. The molecule has 3 aliphatic rings. The number of aromatic nitrogens is 1. The third kappa shape index (κ3) is 6.34. The maximum Gasteiger partial charge on any atom is 0.251 e. The number of rotatable bonds is 10. The van der Waals surface area contributed by atoms with Gasteiger partial charge in [0.2, 0.25) is 16.8 Å². The zero-order chi connectivity index (χ0) is 31.6. The molecule has 3 fully saturated rings. The maximum absolute atomic E-state index is 15.0. The Kier molecular flexibility index (Phi) is 9.92. The number of methoxy groups -OCH3 is 2. The van der Waals surface area contributed by atoms with Crippen LogP contribution in [0.1, 0.15) is 37.0 Å². The maximum atomic E-state index is 15.0. The highest BCUT2D eigenvalue weighted by Crippen LogP contribution is 2.41. The molecule has 12 heteroatoms. The van der Waals surface area contributed by atoms with Crippen LogP contribution in [0.15, 0.2) is 24.3 Å². The summed E-state index contributed by atoms with van der Waals surface area (Å²) in [6.07, 6.45) is 6.56. The van der Waals surface area contributed by atoms with Gasteiger partial charge in [-0.05, 0) is 37.9 Å². The molecule has 3 saturated heterocycles. The molecule has 10 nitrogen and oxygen atoms in total. The Morgan fingerprint density at radius 1 is 1.18 bits per heavy atom. The van der Waals surface area contributed by atoms with Gasteiger partial charge in [-0.3, -0.25) is 9.59 Å². The molecule has 1 aromatic heterocycles. The number of nitrogens with one attached hydrogen (secondary N) is 1. The lowest BCUT2D eigenvalue weighted by atomic mass is 9.98. The van der Waals surface area contributed by atoms with E-state index in [1.165, 1.54) is 14.2 Å². The fourth-order valence-electron chi connectivity index (χ4n) is 6.22. The van der Waals surface area contributed by atoms with Gasteiger partial charge in [0, 0.05) is 58.1 Å². The number of likely N-dealkylation sites (N-methyl/N-ethyl adjacent to an activating group) is 1. The number of hydrogen-bond acceptors (Lipinski definition) is 9. The number of nitrogens with zero attached hydrogens (tertiary/aromatic N) is 4. The zero-order valence-electron chi connectivity index (χ0n) is 26.0. The second-order valence-corrected chi connectivity index (χ2v) is 13.1. The molecule has 0 radical (unpaired) electrons. The minimum atomic E-state index is -1.15. The smallest absolute Gasteiger partial charge is 0.251 e. The molecule has 0 unspecified atom stereocenters. The van der Waals surface area contributed by atoms with E-state index in [0.29, 0.717) is 28.6 Å². The Labute approximate surface area is 262 Å². The largest absolute Gasteiger partial charge is 0.369 e. The molecule has 3 aliphatic heterocycles. The van der Waals surface area contributed by atoms with E-state index in [9.17, 15) is 14.0 Å². The number of carbonyl (C=O) groups excluding carboxylic acids is 2. The number of thiazole rings is 1. The van der Waals surface area contributed by atoms with Gasteiger partial charge in [-0.1, -0.05) is 43.2 Å². The molecule has 44 heavy (non-hydrogen) atoms. The van der Waals surface area contributed by atoms with Gasteiger partial charge < -0.3 is 34.2 Å². The van der Waals surface area contributed by atoms with Gasteiger partial charge in [0.15, 0.2) is 5.13 Å². The Morgan fingerprint density at radius 2 is 1.86 bits per heavy atom. The minimum absolute atomic E-state index is 0.142. The molecule has 4 atom stereocenters. The first kappa shape index (κ1) is 32.3. The number of carbonyl (C=O) groups is 2. The van der Waals surface area contributed by atoms with E-state index in [0.717, 1.165) is 43.9 Å². The fraction of sp³-hybridized carbons (Fsp3) is 0.594. The van der Waals surface area contributed by atoms with E-state index in [2.05, 4.69) is 46.9 Å². The molecule has 2 amide bonds.